The van der Waals surface area contributed by atoms with Crippen LogP contribution in [0.3, 0.4) is 0 Å². The number of benzene rings is 1. The van der Waals surface area contributed by atoms with Gasteiger partial charge in [-0.3, -0.25) is 0 Å². The Morgan fingerprint density at radius 1 is 1.06 bits per heavy atom. The predicted octanol–water partition coefficient (Wildman–Crippen LogP) is 1.41. The molecule has 0 radical (unpaired) electrons. The Kier molecular flexibility index (Phi) is 6.56. The molecule has 4 heteroatoms. The molecule has 0 aliphatic rings. The fraction of sp³-hybridized carbons (Fsp3) is 0.500. The molecular formula is C12H19NO3. The van der Waals surface area contributed by atoms with Gasteiger partial charge in [-0.05, 0) is 17.7 Å². The Bertz CT molecular complexity index is 274. The van der Waals surface area contributed by atoms with Gasteiger partial charge in [0.2, 0.25) is 0 Å². The quantitative estimate of drug-likeness (QED) is 0.536. The number of nitrogens with one attached hydrogen (secondary N) is 1. The minimum Gasteiger partial charge on any atom is -0.468 e. The van der Waals surface area contributed by atoms with Crippen LogP contribution in [0.15, 0.2) is 24.3 Å². The molecule has 0 amide bonds. The fourth-order valence-electron chi connectivity index (χ4n) is 1.24. The van der Waals surface area contributed by atoms with Gasteiger partial charge in [0.25, 0.3) is 0 Å². The first-order valence-corrected chi connectivity index (χ1v) is 5.27. The summed E-state index contributed by atoms with van der Waals surface area (Å²) in [6, 6.07) is 7.94. The topological polar surface area (TPSA) is 39.7 Å². The van der Waals surface area contributed by atoms with E-state index in [0.29, 0.717) is 0 Å². The van der Waals surface area contributed by atoms with Gasteiger partial charge in [-0.2, -0.15) is 0 Å². The van der Waals surface area contributed by atoms with Crippen LogP contribution in [-0.4, -0.2) is 34.2 Å². The lowest BCUT2D eigenvalue weighted by molar-refractivity contribution is 0.0511. The van der Waals surface area contributed by atoms with Crippen LogP contribution < -0.4 is 10.1 Å². The van der Waals surface area contributed by atoms with Gasteiger partial charge in [0.15, 0.2) is 6.79 Å². The van der Waals surface area contributed by atoms with E-state index in [-0.39, 0.29) is 6.79 Å². The molecule has 4 nitrogen and oxygen atoms in total. The van der Waals surface area contributed by atoms with Crippen LogP contribution >= 0.6 is 0 Å². The molecule has 1 N–H and O–H groups in total. The van der Waals surface area contributed by atoms with Crippen molar-refractivity contribution in [3.63, 3.8) is 0 Å². The molecule has 0 fully saturated rings. The van der Waals surface area contributed by atoms with Gasteiger partial charge in [0.05, 0.1) is 6.61 Å². The number of hydrogen-bond acceptors (Lipinski definition) is 4. The summed E-state index contributed by atoms with van der Waals surface area (Å²) in [5.74, 6) is 0.822. The van der Waals surface area contributed by atoms with Crippen LogP contribution in [0.4, 0.5) is 0 Å². The van der Waals surface area contributed by atoms with Crippen molar-refractivity contribution in [1.82, 2.24) is 5.32 Å². The highest BCUT2D eigenvalue weighted by Crippen LogP contribution is 2.11. The summed E-state index contributed by atoms with van der Waals surface area (Å²) in [4.78, 5) is 0. The second kappa shape index (κ2) is 8.10. The molecule has 0 heterocycles. The fourth-order valence-corrected chi connectivity index (χ4v) is 1.24. The van der Waals surface area contributed by atoms with Crippen LogP contribution in [0.1, 0.15) is 5.56 Å². The molecule has 1 aromatic carbocycles. The third-order valence-corrected chi connectivity index (χ3v) is 2.08. The molecule has 0 saturated carbocycles. The van der Waals surface area contributed by atoms with Crippen molar-refractivity contribution in [3.8, 4) is 5.75 Å². The van der Waals surface area contributed by atoms with E-state index in [2.05, 4.69) is 5.32 Å². The molecule has 0 bridgehead atoms. The van der Waals surface area contributed by atoms with E-state index in [4.69, 9.17) is 14.2 Å². The maximum absolute atomic E-state index is 5.29. The zero-order chi connectivity index (χ0) is 11.6. The molecule has 0 atom stereocenters. The number of rotatable bonds is 8. The van der Waals surface area contributed by atoms with E-state index in [1.807, 2.05) is 24.3 Å². The Morgan fingerprint density at radius 3 is 2.44 bits per heavy atom. The summed E-state index contributed by atoms with van der Waals surface area (Å²) >= 11 is 0. The molecule has 1 aromatic rings. The standard InChI is InChI=1S/C12H19NO3/c1-14-8-7-13-9-11-3-5-12(6-4-11)16-10-15-2/h3-6,13H,7-10H2,1-2H3. The number of methoxy groups -OCH3 is 2. The van der Waals surface area contributed by atoms with Crippen LogP contribution in [0, 0.1) is 0 Å². The van der Waals surface area contributed by atoms with E-state index in [1.54, 1.807) is 14.2 Å². The van der Waals surface area contributed by atoms with Crippen LogP contribution in [0.2, 0.25) is 0 Å². The summed E-state index contributed by atoms with van der Waals surface area (Å²) < 4.78 is 15.1. The Morgan fingerprint density at radius 2 is 1.81 bits per heavy atom. The Balaban J connectivity index is 2.27. The van der Waals surface area contributed by atoms with Gasteiger partial charge < -0.3 is 19.5 Å². The van der Waals surface area contributed by atoms with E-state index >= 15 is 0 Å². The van der Waals surface area contributed by atoms with Crippen LogP contribution in [-0.2, 0) is 16.0 Å². The lowest BCUT2D eigenvalue weighted by Crippen LogP contribution is -2.18. The Hall–Kier alpha value is -1.10. The first-order valence-electron chi connectivity index (χ1n) is 5.27. The molecule has 0 aliphatic heterocycles. The monoisotopic (exact) mass is 225 g/mol. The summed E-state index contributed by atoms with van der Waals surface area (Å²) in [6.45, 7) is 2.72. The molecule has 0 aliphatic carbocycles. The molecule has 90 valence electrons. The van der Waals surface area contributed by atoms with Gasteiger partial charge in [0.1, 0.15) is 5.75 Å². The van der Waals surface area contributed by atoms with Crippen molar-refractivity contribution >= 4 is 0 Å². The van der Waals surface area contributed by atoms with E-state index < -0.39 is 0 Å². The first kappa shape index (κ1) is 13.0. The van der Waals surface area contributed by atoms with Crippen molar-refractivity contribution in [3.05, 3.63) is 29.8 Å². The average Bonchev–Trinajstić information content (AvgIpc) is 2.33. The maximum Gasteiger partial charge on any atom is 0.188 e. The van der Waals surface area contributed by atoms with Crippen LogP contribution in [0.5, 0.6) is 5.75 Å². The van der Waals surface area contributed by atoms with Crippen molar-refractivity contribution in [1.29, 1.82) is 0 Å². The molecule has 0 unspecified atom stereocenters. The van der Waals surface area contributed by atoms with E-state index in [9.17, 15) is 0 Å². The lowest BCUT2D eigenvalue weighted by atomic mass is 10.2. The van der Waals surface area contributed by atoms with Gasteiger partial charge in [-0.15, -0.1) is 0 Å². The second-order valence-electron chi connectivity index (χ2n) is 3.36. The number of ether oxygens (including phenoxy) is 3. The maximum atomic E-state index is 5.29. The summed E-state index contributed by atoms with van der Waals surface area (Å²) in [5.41, 5.74) is 1.22. The van der Waals surface area contributed by atoms with Crippen molar-refractivity contribution in [2.75, 3.05) is 34.2 Å². The largest absolute Gasteiger partial charge is 0.468 e. The summed E-state index contributed by atoms with van der Waals surface area (Å²) in [5, 5.41) is 3.27. The zero-order valence-electron chi connectivity index (χ0n) is 9.86. The highest BCUT2D eigenvalue weighted by atomic mass is 16.7. The average molecular weight is 225 g/mol. The molecule has 0 aromatic heterocycles. The van der Waals surface area contributed by atoms with Crippen molar-refractivity contribution in [2.24, 2.45) is 0 Å². The molecule has 16 heavy (non-hydrogen) atoms. The number of hydrogen-bond donors (Lipinski definition) is 1. The summed E-state index contributed by atoms with van der Waals surface area (Å²) in [7, 11) is 3.30. The smallest absolute Gasteiger partial charge is 0.188 e. The minimum absolute atomic E-state index is 0.283. The highest BCUT2D eigenvalue weighted by Gasteiger charge is 1.95. The van der Waals surface area contributed by atoms with Gasteiger partial charge in [-0.1, -0.05) is 12.1 Å². The van der Waals surface area contributed by atoms with E-state index in [0.717, 1.165) is 25.4 Å². The molecule has 0 saturated heterocycles. The third kappa shape index (κ3) is 5.11. The SMILES string of the molecule is COCCNCc1ccc(OCOC)cc1. The molecule has 0 spiro atoms. The molecule has 1 rings (SSSR count). The van der Waals surface area contributed by atoms with Crippen molar-refractivity contribution < 1.29 is 14.2 Å². The van der Waals surface area contributed by atoms with Crippen LogP contribution in [0.25, 0.3) is 0 Å². The minimum atomic E-state index is 0.283. The summed E-state index contributed by atoms with van der Waals surface area (Å²) in [6.07, 6.45) is 0. The van der Waals surface area contributed by atoms with Gasteiger partial charge >= 0.3 is 0 Å². The zero-order valence-corrected chi connectivity index (χ0v) is 9.86. The highest BCUT2D eigenvalue weighted by molar-refractivity contribution is 5.27. The first-order chi connectivity index (χ1) is 7.86. The predicted molar refractivity (Wildman–Crippen MR) is 62.5 cm³/mol. The second-order valence-corrected chi connectivity index (χ2v) is 3.36. The molecular weight excluding hydrogens is 206 g/mol. The van der Waals surface area contributed by atoms with Gasteiger partial charge in [0, 0.05) is 27.3 Å². The van der Waals surface area contributed by atoms with Crippen molar-refractivity contribution in [2.45, 2.75) is 6.54 Å². The normalized spacial score (nSPS) is 10.4. The lowest BCUT2D eigenvalue weighted by Gasteiger charge is -2.07. The van der Waals surface area contributed by atoms with E-state index in [1.165, 1.54) is 5.56 Å². The Labute approximate surface area is 96.5 Å². The third-order valence-electron chi connectivity index (χ3n) is 2.08. The van der Waals surface area contributed by atoms with Gasteiger partial charge in [-0.25, -0.2) is 0 Å².